The Labute approximate surface area is 124 Å². The summed E-state index contributed by atoms with van der Waals surface area (Å²) in [5, 5.41) is 13.5. The number of rotatable bonds is 7. The number of hydrogen-bond donors (Lipinski definition) is 2. The molecule has 0 spiro atoms. The van der Waals surface area contributed by atoms with Gasteiger partial charge in [0, 0.05) is 19.2 Å². The third-order valence-electron chi connectivity index (χ3n) is 2.93. The van der Waals surface area contributed by atoms with Crippen molar-refractivity contribution in [2.75, 3.05) is 12.4 Å². The second kappa shape index (κ2) is 6.86. The SMILES string of the molecule is CNc1cc(S(=O)(=O)NC(C)CC(C)C)ccc1[N+](=O)[O-]. The second-order valence-corrected chi connectivity index (χ2v) is 7.05. The molecular formula is C13H21N3O4S. The lowest BCUT2D eigenvalue weighted by Gasteiger charge is -2.16. The molecule has 0 aliphatic carbocycles. The Kier molecular flexibility index (Phi) is 5.68. The molecule has 0 saturated carbocycles. The van der Waals surface area contributed by atoms with Gasteiger partial charge >= 0.3 is 0 Å². The first-order valence-electron chi connectivity index (χ1n) is 6.66. The van der Waals surface area contributed by atoms with Crippen LogP contribution in [-0.4, -0.2) is 26.4 Å². The standard InChI is InChI=1S/C13H21N3O4S/c1-9(2)7-10(3)15-21(19,20)11-5-6-13(16(17)18)12(8-11)14-4/h5-6,8-10,14-15H,7H2,1-4H3. The summed E-state index contributed by atoms with van der Waals surface area (Å²) in [4.78, 5) is 10.3. The first-order chi connectivity index (χ1) is 9.67. The number of benzene rings is 1. The first-order valence-corrected chi connectivity index (χ1v) is 8.14. The molecule has 0 saturated heterocycles. The molecule has 0 fully saturated rings. The number of nitrogens with one attached hydrogen (secondary N) is 2. The van der Waals surface area contributed by atoms with Crippen molar-refractivity contribution in [3.63, 3.8) is 0 Å². The minimum atomic E-state index is -3.69. The Morgan fingerprint density at radius 1 is 1.29 bits per heavy atom. The van der Waals surface area contributed by atoms with E-state index < -0.39 is 14.9 Å². The summed E-state index contributed by atoms with van der Waals surface area (Å²) < 4.78 is 27.1. The van der Waals surface area contributed by atoms with Crippen LogP contribution in [0.4, 0.5) is 11.4 Å². The van der Waals surface area contributed by atoms with Crippen LogP contribution in [0.15, 0.2) is 23.1 Å². The van der Waals surface area contributed by atoms with Crippen LogP contribution >= 0.6 is 0 Å². The summed E-state index contributed by atoms with van der Waals surface area (Å²) in [6.07, 6.45) is 0.713. The molecule has 0 amide bonds. The second-order valence-electron chi connectivity index (χ2n) is 5.34. The predicted octanol–water partition coefficient (Wildman–Crippen LogP) is 2.35. The minimum Gasteiger partial charge on any atom is -0.383 e. The summed E-state index contributed by atoms with van der Waals surface area (Å²) in [6, 6.07) is 3.49. The third-order valence-corrected chi connectivity index (χ3v) is 4.51. The molecule has 1 aromatic carbocycles. The lowest BCUT2D eigenvalue weighted by molar-refractivity contribution is -0.384. The summed E-state index contributed by atoms with van der Waals surface area (Å²) in [7, 11) is -2.19. The number of hydrogen-bond acceptors (Lipinski definition) is 5. The molecule has 21 heavy (non-hydrogen) atoms. The van der Waals surface area contributed by atoms with Crippen molar-refractivity contribution in [3.05, 3.63) is 28.3 Å². The topological polar surface area (TPSA) is 101 Å². The van der Waals surface area contributed by atoms with Crippen LogP contribution in [0.3, 0.4) is 0 Å². The summed E-state index contributed by atoms with van der Waals surface area (Å²) in [6.45, 7) is 5.81. The van der Waals surface area contributed by atoms with Gasteiger partial charge in [0.25, 0.3) is 5.69 Å². The quantitative estimate of drug-likeness (QED) is 0.594. The maximum absolute atomic E-state index is 12.3. The molecule has 8 heteroatoms. The van der Waals surface area contributed by atoms with Crippen LogP contribution in [0, 0.1) is 16.0 Å². The van der Waals surface area contributed by atoms with Gasteiger partial charge in [-0.3, -0.25) is 10.1 Å². The van der Waals surface area contributed by atoms with E-state index in [0.29, 0.717) is 12.3 Å². The maximum atomic E-state index is 12.3. The lowest BCUT2D eigenvalue weighted by Crippen LogP contribution is -2.33. The van der Waals surface area contributed by atoms with Crippen molar-refractivity contribution >= 4 is 21.4 Å². The molecule has 0 aliphatic heterocycles. The van der Waals surface area contributed by atoms with Crippen molar-refractivity contribution in [2.45, 2.75) is 38.1 Å². The van der Waals surface area contributed by atoms with Gasteiger partial charge in [0.05, 0.1) is 9.82 Å². The van der Waals surface area contributed by atoms with Gasteiger partial charge in [0.1, 0.15) is 5.69 Å². The van der Waals surface area contributed by atoms with Crippen LogP contribution in [0.1, 0.15) is 27.2 Å². The Bertz CT molecular complexity index is 614. The largest absolute Gasteiger partial charge is 0.383 e. The molecule has 0 bridgehead atoms. The highest BCUT2D eigenvalue weighted by Gasteiger charge is 2.21. The molecule has 0 aliphatic rings. The highest BCUT2D eigenvalue weighted by atomic mass is 32.2. The van der Waals surface area contributed by atoms with E-state index in [4.69, 9.17) is 0 Å². The van der Waals surface area contributed by atoms with Gasteiger partial charge in [-0.05, 0) is 31.4 Å². The molecule has 2 N–H and O–H groups in total. The Morgan fingerprint density at radius 3 is 2.38 bits per heavy atom. The molecule has 0 aromatic heterocycles. The zero-order chi connectivity index (χ0) is 16.2. The highest BCUT2D eigenvalue weighted by molar-refractivity contribution is 7.89. The number of anilines is 1. The van der Waals surface area contributed by atoms with Gasteiger partial charge in [0.2, 0.25) is 10.0 Å². The van der Waals surface area contributed by atoms with Crippen molar-refractivity contribution in [1.29, 1.82) is 0 Å². The maximum Gasteiger partial charge on any atom is 0.292 e. The fourth-order valence-electron chi connectivity index (χ4n) is 2.13. The number of nitro benzene ring substituents is 1. The van der Waals surface area contributed by atoms with Crippen molar-refractivity contribution in [3.8, 4) is 0 Å². The van der Waals surface area contributed by atoms with Crippen molar-refractivity contribution in [1.82, 2.24) is 4.72 Å². The molecular weight excluding hydrogens is 294 g/mol. The lowest BCUT2D eigenvalue weighted by atomic mass is 10.1. The zero-order valence-corrected chi connectivity index (χ0v) is 13.4. The normalized spacial score (nSPS) is 13.2. The average molecular weight is 315 g/mol. The highest BCUT2D eigenvalue weighted by Crippen LogP contribution is 2.27. The van der Waals surface area contributed by atoms with Crippen molar-refractivity contribution < 1.29 is 13.3 Å². The van der Waals surface area contributed by atoms with Gasteiger partial charge in [-0.25, -0.2) is 13.1 Å². The van der Waals surface area contributed by atoms with E-state index in [1.54, 1.807) is 6.92 Å². The average Bonchev–Trinajstić information content (AvgIpc) is 2.35. The summed E-state index contributed by atoms with van der Waals surface area (Å²) >= 11 is 0. The van der Waals surface area contributed by atoms with Gasteiger partial charge < -0.3 is 5.32 Å². The van der Waals surface area contributed by atoms with E-state index in [2.05, 4.69) is 10.0 Å². The summed E-state index contributed by atoms with van der Waals surface area (Å²) in [5.74, 6) is 0.368. The molecule has 1 aromatic rings. The molecule has 1 atom stereocenters. The monoisotopic (exact) mass is 315 g/mol. The molecule has 118 valence electrons. The van der Waals surface area contributed by atoms with Gasteiger partial charge in [-0.2, -0.15) is 0 Å². The minimum absolute atomic E-state index is 0.00746. The van der Waals surface area contributed by atoms with Crippen LogP contribution in [0.5, 0.6) is 0 Å². The van der Waals surface area contributed by atoms with Crippen molar-refractivity contribution in [2.24, 2.45) is 5.92 Å². The van der Waals surface area contributed by atoms with E-state index in [0.717, 1.165) is 0 Å². The van der Waals surface area contributed by atoms with Gasteiger partial charge in [0.15, 0.2) is 0 Å². The Morgan fingerprint density at radius 2 is 1.90 bits per heavy atom. The van der Waals surface area contributed by atoms with E-state index in [1.807, 2.05) is 13.8 Å². The van der Waals surface area contributed by atoms with E-state index in [-0.39, 0.29) is 22.3 Å². The molecule has 1 unspecified atom stereocenters. The zero-order valence-electron chi connectivity index (χ0n) is 12.6. The van der Waals surface area contributed by atoms with Crippen LogP contribution in [-0.2, 0) is 10.0 Å². The van der Waals surface area contributed by atoms with Crippen LogP contribution < -0.4 is 10.0 Å². The smallest absolute Gasteiger partial charge is 0.292 e. The molecule has 0 radical (unpaired) electrons. The first kappa shape index (κ1) is 17.4. The predicted molar refractivity (Wildman–Crippen MR) is 81.9 cm³/mol. The Hall–Kier alpha value is -1.67. The Balaban J connectivity index is 3.06. The molecule has 0 heterocycles. The van der Waals surface area contributed by atoms with Gasteiger partial charge in [-0.15, -0.1) is 0 Å². The van der Waals surface area contributed by atoms with Crippen LogP contribution in [0.25, 0.3) is 0 Å². The fraction of sp³-hybridized carbons (Fsp3) is 0.538. The van der Waals surface area contributed by atoms with Crippen LogP contribution in [0.2, 0.25) is 0 Å². The van der Waals surface area contributed by atoms with Gasteiger partial charge in [-0.1, -0.05) is 13.8 Å². The number of sulfonamides is 1. The third kappa shape index (κ3) is 4.68. The fourth-order valence-corrected chi connectivity index (χ4v) is 3.41. The number of nitrogens with zero attached hydrogens (tertiary/aromatic N) is 1. The number of nitro groups is 1. The van der Waals surface area contributed by atoms with E-state index in [1.165, 1.54) is 25.2 Å². The van der Waals surface area contributed by atoms with E-state index in [9.17, 15) is 18.5 Å². The molecule has 7 nitrogen and oxygen atoms in total. The summed E-state index contributed by atoms with van der Waals surface area (Å²) in [5.41, 5.74) is 0.00562. The van der Waals surface area contributed by atoms with E-state index >= 15 is 0 Å². The molecule has 1 rings (SSSR count).